The number of ether oxygens (including phenoxy) is 5. The maximum absolute atomic E-state index is 13.8. The molecule has 4 rings (SSSR count). The van der Waals surface area contributed by atoms with Gasteiger partial charge in [0.25, 0.3) is 0 Å². The van der Waals surface area contributed by atoms with Gasteiger partial charge >= 0.3 is 23.9 Å². The Morgan fingerprint density at radius 3 is 1.66 bits per heavy atom. The molecule has 0 amide bonds. The molecule has 2 saturated carbocycles. The third kappa shape index (κ3) is 4.02. The highest BCUT2D eigenvalue weighted by atomic mass is 16.6. The van der Waals surface area contributed by atoms with Gasteiger partial charge in [-0.1, -0.05) is 41.5 Å². The van der Waals surface area contributed by atoms with Gasteiger partial charge in [-0.2, -0.15) is 0 Å². The van der Waals surface area contributed by atoms with Gasteiger partial charge in [0, 0.05) is 36.2 Å². The van der Waals surface area contributed by atoms with Gasteiger partial charge in [0.1, 0.15) is 6.10 Å². The van der Waals surface area contributed by atoms with Crippen LogP contribution in [0.4, 0.5) is 0 Å². The SMILES string of the molecule is CO[C@@H](C)[C@@H](C)[C@H](O)[C@H](C)[C@H](CCOC(=O)[C@@]12CC[C@@](C)(C(=O)O1)C2(C)C)OC(=O)[C@@]12CC[C@@](C)(C(=O)O1)C2(C)C. The van der Waals surface area contributed by atoms with Crippen LogP contribution in [-0.4, -0.2) is 72.2 Å². The van der Waals surface area contributed by atoms with Crippen LogP contribution in [0, 0.1) is 33.5 Å². The van der Waals surface area contributed by atoms with Crippen LogP contribution in [0.5, 0.6) is 0 Å². The summed E-state index contributed by atoms with van der Waals surface area (Å²) in [6, 6.07) is 0. The molecule has 232 valence electrons. The third-order valence-electron chi connectivity index (χ3n) is 12.5. The van der Waals surface area contributed by atoms with Gasteiger partial charge in [0.05, 0.1) is 29.6 Å². The number of methoxy groups -OCH3 is 1. The fourth-order valence-corrected chi connectivity index (χ4v) is 7.64. The molecule has 2 aliphatic heterocycles. The Balaban J connectivity index is 1.52. The van der Waals surface area contributed by atoms with E-state index >= 15 is 0 Å². The van der Waals surface area contributed by atoms with Crippen molar-refractivity contribution in [3.63, 3.8) is 0 Å². The lowest BCUT2D eigenvalue weighted by molar-refractivity contribution is -0.193. The first-order valence-corrected chi connectivity index (χ1v) is 14.9. The Morgan fingerprint density at radius 1 is 0.805 bits per heavy atom. The van der Waals surface area contributed by atoms with E-state index in [1.165, 1.54) is 0 Å². The fourth-order valence-electron chi connectivity index (χ4n) is 7.64. The maximum atomic E-state index is 13.8. The van der Waals surface area contributed by atoms with Crippen molar-refractivity contribution in [1.82, 2.24) is 0 Å². The second-order valence-electron chi connectivity index (χ2n) is 14.4. The van der Waals surface area contributed by atoms with E-state index in [1.807, 2.05) is 55.4 Å². The summed E-state index contributed by atoms with van der Waals surface area (Å²) in [6.07, 6.45) is -0.185. The highest BCUT2D eigenvalue weighted by Crippen LogP contribution is 2.67. The Bertz CT molecular complexity index is 1110. The molecule has 4 aliphatic rings. The minimum absolute atomic E-state index is 0.0905. The molecule has 10 nitrogen and oxygen atoms in total. The van der Waals surface area contributed by atoms with Gasteiger partial charge in [-0.15, -0.1) is 0 Å². The van der Waals surface area contributed by atoms with E-state index in [1.54, 1.807) is 14.0 Å². The zero-order valence-electron chi connectivity index (χ0n) is 26.3. The first-order chi connectivity index (χ1) is 18.8. The van der Waals surface area contributed by atoms with Crippen molar-refractivity contribution in [2.24, 2.45) is 33.5 Å². The van der Waals surface area contributed by atoms with Crippen LogP contribution in [0.15, 0.2) is 0 Å². The molecule has 0 aromatic rings. The summed E-state index contributed by atoms with van der Waals surface area (Å²) in [7, 11) is 1.56. The summed E-state index contributed by atoms with van der Waals surface area (Å²) in [4.78, 5) is 52.6. The van der Waals surface area contributed by atoms with E-state index in [2.05, 4.69) is 0 Å². The number of aliphatic hydroxyl groups is 1. The normalized spacial score (nSPS) is 38.0. The number of rotatable bonds is 11. The van der Waals surface area contributed by atoms with Crippen LogP contribution >= 0.6 is 0 Å². The quantitative estimate of drug-likeness (QED) is 0.284. The van der Waals surface area contributed by atoms with Gasteiger partial charge in [-0.3, -0.25) is 9.59 Å². The zero-order chi connectivity index (χ0) is 31.0. The van der Waals surface area contributed by atoms with Crippen molar-refractivity contribution in [2.75, 3.05) is 13.7 Å². The topological polar surface area (TPSA) is 135 Å². The summed E-state index contributed by atoms with van der Waals surface area (Å²) in [6.45, 7) is 16.4. The van der Waals surface area contributed by atoms with Crippen molar-refractivity contribution >= 4 is 23.9 Å². The minimum atomic E-state index is -1.43. The predicted octanol–water partition coefficient (Wildman–Crippen LogP) is 3.74. The Kier molecular flexibility index (Phi) is 7.68. The molecule has 10 heteroatoms. The molecule has 0 unspecified atom stereocenters. The average Bonchev–Trinajstić information content (AvgIpc) is 3.38. The molecule has 0 aromatic heterocycles. The van der Waals surface area contributed by atoms with Gasteiger partial charge in [-0.25, -0.2) is 9.59 Å². The smallest absolute Gasteiger partial charge is 0.351 e. The van der Waals surface area contributed by atoms with Gasteiger partial charge in [-0.05, 0) is 46.5 Å². The summed E-state index contributed by atoms with van der Waals surface area (Å²) in [5.74, 6) is -2.94. The molecule has 41 heavy (non-hydrogen) atoms. The molecular weight excluding hydrogens is 532 g/mol. The molecule has 4 bridgehead atoms. The molecule has 9 atom stereocenters. The van der Waals surface area contributed by atoms with E-state index < -0.39 is 74.9 Å². The maximum Gasteiger partial charge on any atom is 0.351 e. The van der Waals surface area contributed by atoms with Crippen LogP contribution in [-0.2, 0) is 42.9 Å². The van der Waals surface area contributed by atoms with Crippen molar-refractivity contribution in [2.45, 2.75) is 124 Å². The van der Waals surface area contributed by atoms with Crippen LogP contribution in [0.25, 0.3) is 0 Å². The lowest BCUT2D eigenvalue weighted by Crippen LogP contribution is -2.51. The number of fused-ring (bicyclic) bond motifs is 4. The number of esters is 4. The number of aliphatic hydroxyl groups excluding tert-OH is 1. The van der Waals surface area contributed by atoms with Crippen molar-refractivity contribution in [3.8, 4) is 0 Å². The number of carbonyl (C=O) groups is 4. The first-order valence-electron chi connectivity index (χ1n) is 14.9. The summed E-state index contributed by atoms with van der Waals surface area (Å²) < 4.78 is 28.6. The van der Waals surface area contributed by atoms with E-state index in [0.29, 0.717) is 25.7 Å². The highest BCUT2D eigenvalue weighted by molar-refractivity contribution is 5.94. The predicted molar refractivity (Wildman–Crippen MR) is 146 cm³/mol. The molecule has 2 heterocycles. The molecular formula is C31H48O10. The van der Waals surface area contributed by atoms with Crippen LogP contribution in [0.2, 0.25) is 0 Å². The number of hydrogen-bond donors (Lipinski definition) is 1. The first kappa shape index (κ1) is 31.7. The van der Waals surface area contributed by atoms with Crippen LogP contribution in [0.1, 0.15) is 94.4 Å². The zero-order valence-corrected chi connectivity index (χ0v) is 26.3. The monoisotopic (exact) mass is 580 g/mol. The average molecular weight is 581 g/mol. The van der Waals surface area contributed by atoms with E-state index in [4.69, 9.17) is 23.7 Å². The van der Waals surface area contributed by atoms with Crippen molar-refractivity contribution in [3.05, 3.63) is 0 Å². The molecule has 0 aromatic carbocycles. The largest absolute Gasteiger partial charge is 0.463 e. The molecule has 2 aliphatic carbocycles. The van der Waals surface area contributed by atoms with Crippen LogP contribution in [0.3, 0.4) is 0 Å². The van der Waals surface area contributed by atoms with Crippen molar-refractivity contribution in [1.29, 1.82) is 0 Å². The van der Waals surface area contributed by atoms with Crippen molar-refractivity contribution < 1.29 is 48.0 Å². The number of carbonyl (C=O) groups excluding carboxylic acids is 4. The Labute approximate surface area is 243 Å². The molecule has 4 fully saturated rings. The standard InChI is InChI=1S/C31H48O10/c1-17(19(3)37-10)21(32)18(2)20(39-25(36)31-15-13-29(9,23(34)41-31)27(31,6)7)11-16-38-24(35)30-14-12-28(8,22(33)40-30)26(30,4)5/h17-21,32H,11-16H2,1-10H3/t17-,18-,19+,20+,21+,28+,29+,30-,31-/m1/s1. The van der Waals surface area contributed by atoms with Gasteiger partial charge < -0.3 is 28.8 Å². The molecule has 1 N–H and O–H groups in total. The molecule has 0 radical (unpaired) electrons. The lowest BCUT2D eigenvalue weighted by atomic mass is 9.66. The second kappa shape index (κ2) is 9.93. The van der Waals surface area contributed by atoms with Crippen LogP contribution < -0.4 is 0 Å². The summed E-state index contributed by atoms with van der Waals surface area (Å²) >= 11 is 0. The molecule has 0 spiro atoms. The third-order valence-corrected chi connectivity index (χ3v) is 12.5. The summed E-state index contributed by atoms with van der Waals surface area (Å²) in [5.41, 5.74) is -5.91. The minimum Gasteiger partial charge on any atom is -0.463 e. The Morgan fingerprint density at radius 2 is 1.27 bits per heavy atom. The fraction of sp³-hybridized carbons (Fsp3) is 0.871. The second-order valence-corrected chi connectivity index (χ2v) is 14.4. The lowest BCUT2D eigenvalue weighted by Gasteiger charge is -2.38. The highest BCUT2D eigenvalue weighted by Gasteiger charge is 2.77. The van der Waals surface area contributed by atoms with Gasteiger partial charge in [0.15, 0.2) is 0 Å². The Hall–Kier alpha value is -2.20. The van der Waals surface area contributed by atoms with E-state index in [-0.39, 0.29) is 25.0 Å². The summed E-state index contributed by atoms with van der Waals surface area (Å²) in [5, 5.41) is 11.2. The number of hydrogen-bond acceptors (Lipinski definition) is 10. The van der Waals surface area contributed by atoms with E-state index in [0.717, 1.165) is 0 Å². The van der Waals surface area contributed by atoms with Gasteiger partial charge in [0.2, 0.25) is 11.2 Å². The molecule has 2 saturated heterocycles. The van der Waals surface area contributed by atoms with E-state index in [9.17, 15) is 24.3 Å².